The maximum atomic E-state index is 13.8. The van der Waals surface area contributed by atoms with Crippen LogP contribution in [0.15, 0.2) is 42.5 Å². The van der Waals surface area contributed by atoms with Gasteiger partial charge in [0.25, 0.3) is 0 Å². The second-order valence-electron chi connectivity index (χ2n) is 10.9. The fourth-order valence-corrected chi connectivity index (χ4v) is 6.58. The monoisotopic (exact) mass is 601 g/mol. The first-order chi connectivity index (χ1) is 20.2. The average molecular weight is 602 g/mol. The largest absolute Gasteiger partial charge is 0.497 e. The van der Waals surface area contributed by atoms with Gasteiger partial charge in [-0.15, -0.1) is 0 Å². The van der Waals surface area contributed by atoms with Crippen molar-refractivity contribution < 1.29 is 32.2 Å². The lowest BCUT2D eigenvalue weighted by Crippen LogP contribution is -2.51. The molecule has 1 atom stereocenters. The number of methoxy groups -OCH3 is 1. The summed E-state index contributed by atoms with van der Waals surface area (Å²) in [5, 5.41) is 3.19. The fraction of sp³-hybridized carbons (Fsp3) is 0.548. The van der Waals surface area contributed by atoms with Crippen LogP contribution < -0.4 is 23.8 Å². The van der Waals surface area contributed by atoms with Gasteiger partial charge in [0, 0.05) is 31.6 Å². The van der Waals surface area contributed by atoms with Crippen LogP contribution in [0.3, 0.4) is 0 Å². The lowest BCUT2D eigenvalue weighted by atomic mass is 9.95. The number of nitrogens with one attached hydrogen (secondary N) is 1. The van der Waals surface area contributed by atoms with Gasteiger partial charge in [-0.25, -0.2) is 8.42 Å². The molecular formula is C31H43N3O7S. The first-order valence-electron chi connectivity index (χ1n) is 14.8. The number of sulfonamides is 1. The molecule has 1 aliphatic heterocycles. The zero-order valence-corrected chi connectivity index (χ0v) is 25.7. The van der Waals surface area contributed by atoms with Gasteiger partial charge in [0.05, 0.1) is 19.1 Å². The predicted octanol–water partition coefficient (Wildman–Crippen LogP) is 4.27. The van der Waals surface area contributed by atoms with Gasteiger partial charge in [0.2, 0.25) is 21.8 Å². The van der Waals surface area contributed by atoms with Gasteiger partial charge in [-0.1, -0.05) is 38.3 Å². The Balaban J connectivity index is 1.49. The summed E-state index contributed by atoms with van der Waals surface area (Å²) in [6.07, 6.45) is 7.22. The topological polar surface area (TPSA) is 114 Å². The molecule has 1 saturated carbocycles. The number of rotatable bonds is 13. The molecule has 230 valence electrons. The number of nitrogens with zero attached hydrogens (tertiary/aromatic N) is 2. The van der Waals surface area contributed by atoms with Crippen LogP contribution >= 0.6 is 0 Å². The van der Waals surface area contributed by atoms with Crippen molar-refractivity contribution in [1.82, 2.24) is 10.2 Å². The van der Waals surface area contributed by atoms with Crippen LogP contribution in [0.25, 0.3) is 0 Å². The van der Waals surface area contributed by atoms with Crippen molar-refractivity contribution in [1.29, 1.82) is 0 Å². The highest BCUT2D eigenvalue weighted by atomic mass is 32.2. The maximum absolute atomic E-state index is 13.8. The zero-order valence-electron chi connectivity index (χ0n) is 24.8. The summed E-state index contributed by atoms with van der Waals surface area (Å²) in [5.41, 5.74) is 1.29. The quantitative estimate of drug-likeness (QED) is 0.365. The molecule has 1 fully saturated rings. The molecule has 2 aliphatic rings. The molecule has 0 spiro atoms. The molecule has 11 heteroatoms. The van der Waals surface area contributed by atoms with Crippen molar-refractivity contribution in [2.75, 3.05) is 37.4 Å². The lowest BCUT2D eigenvalue weighted by Gasteiger charge is -2.33. The minimum absolute atomic E-state index is 0.0771. The Kier molecular flexibility index (Phi) is 11.0. The SMILES string of the molecule is CCC(C(=O)NC1CCCCC1)N(Cc1cccc(OC)c1)C(=O)CCCN(c1ccc2c(c1)OCCO2)S(C)(=O)=O. The van der Waals surface area contributed by atoms with Crippen LogP contribution in [0.4, 0.5) is 5.69 Å². The highest BCUT2D eigenvalue weighted by Crippen LogP contribution is 2.35. The van der Waals surface area contributed by atoms with E-state index in [1.54, 1.807) is 30.2 Å². The molecule has 0 radical (unpaired) electrons. The zero-order chi connectivity index (χ0) is 30.1. The Hall–Kier alpha value is -3.47. The van der Waals surface area contributed by atoms with Gasteiger partial charge >= 0.3 is 0 Å². The molecular weight excluding hydrogens is 558 g/mol. The van der Waals surface area contributed by atoms with E-state index in [2.05, 4.69) is 5.32 Å². The Morgan fingerprint density at radius 3 is 2.48 bits per heavy atom. The van der Waals surface area contributed by atoms with E-state index in [1.165, 1.54) is 10.7 Å². The molecule has 4 rings (SSSR count). The molecule has 2 aromatic rings. The number of anilines is 1. The molecule has 1 aliphatic carbocycles. The van der Waals surface area contributed by atoms with E-state index in [-0.39, 0.29) is 43.8 Å². The van der Waals surface area contributed by atoms with Gasteiger partial charge in [-0.05, 0) is 55.5 Å². The van der Waals surface area contributed by atoms with Crippen LogP contribution in [0.1, 0.15) is 63.9 Å². The standard InChI is InChI=1S/C31H43N3O7S/c1-4-27(31(36)32-24-11-6-5-7-12-24)33(22-23-10-8-13-26(20-23)39-2)30(35)14-9-17-34(42(3,37)38)25-15-16-28-29(21-25)41-19-18-40-28/h8,10,13,15-16,20-21,24,27H,4-7,9,11-12,14,17-19,22H2,1-3H3,(H,32,36). The van der Waals surface area contributed by atoms with Crippen LogP contribution in [-0.2, 0) is 26.2 Å². The minimum Gasteiger partial charge on any atom is -0.497 e. The van der Waals surface area contributed by atoms with Crippen molar-refractivity contribution in [3.8, 4) is 17.2 Å². The van der Waals surface area contributed by atoms with Crippen LogP contribution in [0, 0.1) is 0 Å². The summed E-state index contributed by atoms with van der Waals surface area (Å²) in [7, 11) is -2.05. The molecule has 10 nitrogen and oxygen atoms in total. The summed E-state index contributed by atoms with van der Waals surface area (Å²) in [6.45, 7) is 3.07. The van der Waals surface area contributed by atoms with E-state index in [0.29, 0.717) is 42.6 Å². The van der Waals surface area contributed by atoms with Crippen molar-refractivity contribution in [3.05, 3.63) is 48.0 Å². The van der Waals surface area contributed by atoms with E-state index in [1.807, 2.05) is 31.2 Å². The third-order valence-electron chi connectivity index (χ3n) is 7.79. The third kappa shape index (κ3) is 8.30. The smallest absolute Gasteiger partial charge is 0.243 e. The molecule has 1 heterocycles. The number of hydrogen-bond donors (Lipinski definition) is 1. The number of amides is 2. The van der Waals surface area contributed by atoms with E-state index in [4.69, 9.17) is 14.2 Å². The maximum Gasteiger partial charge on any atom is 0.243 e. The van der Waals surface area contributed by atoms with E-state index >= 15 is 0 Å². The average Bonchev–Trinajstić information content (AvgIpc) is 2.99. The summed E-state index contributed by atoms with van der Waals surface area (Å²) < 4.78 is 43.3. The number of hydrogen-bond acceptors (Lipinski definition) is 7. The molecule has 2 amide bonds. The van der Waals surface area contributed by atoms with Gasteiger partial charge in [-0.2, -0.15) is 0 Å². The van der Waals surface area contributed by atoms with E-state index in [9.17, 15) is 18.0 Å². The van der Waals surface area contributed by atoms with Gasteiger partial charge in [0.15, 0.2) is 11.5 Å². The number of fused-ring (bicyclic) bond motifs is 1. The van der Waals surface area contributed by atoms with E-state index in [0.717, 1.165) is 37.5 Å². The second-order valence-corrected chi connectivity index (χ2v) is 12.8. The Morgan fingerprint density at radius 1 is 1.05 bits per heavy atom. The second kappa shape index (κ2) is 14.6. The van der Waals surface area contributed by atoms with Crippen molar-refractivity contribution in [2.45, 2.75) is 76.9 Å². The van der Waals surface area contributed by atoms with E-state index < -0.39 is 16.1 Å². The molecule has 1 N–H and O–H groups in total. The third-order valence-corrected chi connectivity index (χ3v) is 8.98. The number of ether oxygens (including phenoxy) is 3. The van der Waals surface area contributed by atoms with Crippen LogP contribution in [0.2, 0.25) is 0 Å². The highest BCUT2D eigenvalue weighted by Gasteiger charge is 2.30. The molecule has 0 aromatic heterocycles. The normalized spacial score (nSPS) is 15.9. The van der Waals surface area contributed by atoms with Crippen molar-refractivity contribution in [3.63, 3.8) is 0 Å². The predicted molar refractivity (Wildman–Crippen MR) is 161 cm³/mol. The molecule has 0 saturated heterocycles. The van der Waals surface area contributed by atoms with Gasteiger partial charge < -0.3 is 24.4 Å². The Bertz CT molecular complexity index is 1330. The highest BCUT2D eigenvalue weighted by molar-refractivity contribution is 7.92. The fourth-order valence-electron chi connectivity index (χ4n) is 5.62. The summed E-state index contributed by atoms with van der Waals surface area (Å²) in [6, 6.07) is 12.0. The molecule has 0 bridgehead atoms. The molecule has 2 aromatic carbocycles. The lowest BCUT2D eigenvalue weighted by molar-refractivity contribution is -0.141. The summed E-state index contributed by atoms with van der Waals surface area (Å²) in [4.78, 5) is 28.9. The summed E-state index contributed by atoms with van der Waals surface area (Å²) >= 11 is 0. The minimum atomic E-state index is -3.64. The first kappa shape index (κ1) is 31.5. The Morgan fingerprint density at radius 2 is 1.79 bits per heavy atom. The molecule has 1 unspecified atom stereocenters. The number of carbonyl (C=O) groups excluding carboxylic acids is 2. The summed E-state index contributed by atoms with van der Waals surface area (Å²) in [5.74, 6) is 1.37. The van der Waals surface area contributed by atoms with Crippen LogP contribution in [0.5, 0.6) is 17.2 Å². The molecule has 42 heavy (non-hydrogen) atoms. The van der Waals surface area contributed by atoms with Crippen LogP contribution in [-0.4, -0.2) is 70.3 Å². The number of benzene rings is 2. The van der Waals surface area contributed by atoms with Crippen molar-refractivity contribution in [2.24, 2.45) is 0 Å². The Labute approximate surface area is 249 Å². The van der Waals surface area contributed by atoms with Crippen molar-refractivity contribution >= 4 is 27.5 Å². The van der Waals surface area contributed by atoms with Gasteiger partial charge in [0.1, 0.15) is 25.0 Å². The number of carbonyl (C=O) groups is 2. The van der Waals surface area contributed by atoms with Gasteiger partial charge in [-0.3, -0.25) is 13.9 Å². The first-order valence-corrected chi connectivity index (χ1v) is 16.6.